The number of hydrogen-bond donors (Lipinski definition) is 1. The van der Waals surface area contributed by atoms with Gasteiger partial charge in [0.2, 0.25) is 0 Å². The fourth-order valence-electron chi connectivity index (χ4n) is 2.38. The van der Waals surface area contributed by atoms with E-state index in [4.69, 9.17) is 20.3 Å². The minimum atomic E-state index is -0.442. The van der Waals surface area contributed by atoms with E-state index in [9.17, 15) is 4.79 Å². The lowest BCUT2D eigenvalue weighted by Crippen LogP contribution is -2.16. The number of rotatable bonds is 6. The molecule has 1 heterocycles. The molecule has 0 saturated heterocycles. The van der Waals surface area contributed by atoms with Gasteiger partial charge in [-0.2, -0.15) is 5.10 Å². The normalized spacial score (nSPS) is 10.7. The van der Waals surface area contributed by atoms with Crippen LogP contribution in [-0.2, 0) is 0 Å². The number of furan rings is 1. The highest BCUT2D eigenvalue weighted by Crippen LogP contribution is 2.36. The first-order valence-corrected chi connectivity index (χ1v) is 8.67. The number of methoxy groups -OCH3 is 1. The van der Waals surface area contributed by atoms with Crippen LogP contribution in [0, 0.1) is 12.3 Å². The van der Waals surface area contributed by atoms with Crippen LogP contribution in [-0.4, -0.2) is 25.8 Å². The molecular formula is C20H15BrN2O4. The Morgan fingerprint density at radius 3 is 2.93 bits per heavy atom. The van der Waals surface area contributed by atoms with Crippen LogP contribution in [0.5, 0.6) is 11.5 Å². The molecule has 0 aliphatic heterocycles. The van der Waals surface area contributed by atoms with E-state index in [1.165, 1.54) is 13.3 Å². The number of benzene rings is 2. The maximum absolute atomic E-state index is 12.2. The number of hydrazone groups is 1. The Morgan fingerprint density at radius 1 is 1.37 bits per heavy atom. The number of fused-ring (bicyclic) bond motifs is 1. The molecule has 0 aliphatic rings. The van der Waals surface area contributed by atoms with E-state index >= 15 is 0 Å². The molecule has 0 aliphatic carbocycles. The summed E-state index contributed by atoms with van der Waals surface area (Å²) >= 11 is 3.41. The molecule has 0 bridgehead atoms. The smallest absolute Gasteiger partial charge is 0.307 e. The first kappa shape index (κ1) is 18.5. The lowest BCUT2D eigenvalue weighted by atomic mass is 10.2. The van der Waals surface area contributed by atoms with Crippen molar-refractivity contribution in [1.82, 2.24) is 5.43 Å². The molecule has 3 rings (SSSR count). The summed E-state index contributed by atoms with van der Waals surface area (Å²) in [6.45, 7) is 0.121. The van der Waals surface area contributed by atoms with E-state index < -0.39 is 5.91 Å². The van der Waals surface area contributed by atoms with Gasteiger partial charge in [-0.1, -0.05) is 24.1 Å². The maximum Gasteiger partial charge on any atom is 0.307 e. The summed E-state index contributed by atoms with van der Waals surface area (Å²) in [6, 6.07) is 12.5. The fourth-order valence-corrected chi connectivity index (χ4v) is 2.96. The average Bonchev–Trinajstić information content (AvgIpc) is 3.11. The second-order valence-electron chi connectivity index (χ2n) is 5.37. The molecule has 1 amide bonds. The summed E-state index contributed by atoms with van der Waals surface area (Å²) < 4.78 is 16.9. The molecule has 0 radical (unpaired) electrons. The number of nitrogens with one attached hydrogen (secondary N) is 1. The molecule has 0 atom stereocenters. The van der Waals surface area contributed by atoms with Crippen LogP contribution in [0.1, 0.15) is 16.1 Å². The van der Waals surface area contributed by atoms with E-state index in [1.807, 2.05) is 18.2 Å². The molecule has 0 saturated carbocycles. The molecule has 0 spiro atoms. The van der Waals surface area contributed by atoms with Gasteiger partial charge >= 0.3 is 5.91 Å². The highest BCUT2D eigenvalue weighted by Gasteiger charge is 2.12. The van der Waals surface area contributed by atoms with Crippen molar-refractivity contribution in [1.29, 1.82) is 0 Å². The number of terminal acetylenes is 1. The van der Waals surface area contributed by atoms with Crippen LogP contribution in [0.25, 0.3) is 11.0 Å². The third-order valence-electron chi connectivity index (χ3n) is 3.58. The van der Waals surface area contributed by atoms with Crippen molar-refractivity contribution >= 4 is 39.0 Å². The third-order valence-corrected chi connectivity index (χ3v) is 4.17. The Balaban J connectivity index is 1.72. The predicted molar refractivity (Wildman–Crippen MR) is 106 cm³/mol. The molecule has 0 unspecified atom stereocenters. The molecule has 2 aromatic carbocycles. The van der Waals surface area contributed by atoms with Crippen LogP contribution >= 0.6 is 15.9 Å². The second kappa shape index (κ2) is 8.43. The van der Waals surface area contributed by atoms with Crippen molar-refractivity contribution in [2.75, 3.05) is 13.7 Å². The Morgan fingerprint density at radius 2 is 2.19 bits per heavy atom. The van der Waals surface area contributed by atoms with Gasteiger partial charge < -0.3 is 13.9 Å². The van der Waals surface area contributed by atoms with Gasteiger partial charge in [-0.25, -0.2) is 5.43 Å². The summed E-state index contributed by atoms with van der Waals surface area (Å²) in [5, 5.41) is 4.81. The Kier molecular flexibility index (Phi) is 5.79. The van der Waals surface area contributed by atoms with E-state index in [0.717, 1.165) is 5.39 Å². The predicted octanol–water partition coefficient (Wildman–Crippen LogP) is 3.98. The zero-order valence-corrected chi connectivity index (χ0v) is 15.9. The van der Waals surface area contributed by atoms with Crippen molar-refractivity contribution < 1.29 is 18.7 Å². The lowest BCUT2D eigenvalue weighted by Gasteiger charge is -2.11. The molecule has 1 N–H and O–H groups in total. The van der Waals surface area contributed by atoms with Crippen LogP contribution in [0.2, 0.25) is 0 Å². The fraction of sp³-hybridized carbons (Fsp3) is 0.100. The van der Waals surface area contributed by atoms with Gasteiger partial charge in [0, 0.05) is 5.39 Å². The molecule has 6 nitrogen and oxygen atoms in total. The van der Waals surface area contributed by atoms with E-state index in [1.54, 1.807) is 24.3 Å². The number of nitrogens with zero attached hydrogens (tertiary/aromatic N) is 1. The highest BCUT2D eigenvalue weighted by atomic mass is 79.9. The van der Waals surface area contributed by atoms with Crippen molar-refractivity contribution in [3.8, 4) is 23.8 Å². The summed E-state index contributed by atoms with van der Waals surface area (Å²) in [6.07, 6.45) is 6.70. The van der Waals surface area contributed by atoms with Gasteiger partial charge in [-0.05, 0) is 45.8 Å². The lowest BCUT2D eigenvalue weighted by molar-refractivity contribution is 0.0929. The van der Waals surface area contributed by atoms with Crippen LogP contribution in [0.15, 0.2) is 56.5 Å². The maximum atomic E-state index is 12.2. The quantitative estimate of drug-likeness (QED) is 0.367. The number of amides is 1. The van der Waals surface area contributed by atoms with Gasteiger partial charge in [0.25, 0.3) is 0 Å². The first-order valence-electron chi connectivity index (χ1n) is 7.88. The van der Waals surface area contributed by atoms with E-state index in [2.05, 4.69) is 32.4 Å². The number of halogens is 1. The molecule has 7 heteroatoms. The van der Waals surface area contributed by atoms with Crippen molar-refractivity contribution in [2.24, 2.45) is 5.10 Å². The number of para-hydroxylation sites is 1. The largest absolute Gasteiger partial charge is 0.493 e. The molecule has 0 fully saturated rings. The van der Waals surface area contributed by atoms with Gasteiger partial charge in [-0.3, -0.25) is 4.79 Å². The summed E-state index contributed by atoms with van der Waals surface area (Å²) in [5.41, 5.74) is 3.77. The van der Waals surface area contributed by atoms with Crippen LogP contribution in [0.3, 0.4) is 0 Å². The van der Waals surface area contributed by atoms with Gasteiger partial charge in [0.15, 0.2) is 17.3 Å². The average molecular weight is 427 g/mol. The third kappa shape index (κ3) is 4.30. The standard InChI is InChI=1S/C20H15BrN2O4/c1-3-8-26-19-15(21)9-13(10-17(19)25-2)12-22-23-20(24)18-11-14-6-4-5-7-16(14)27-18/h1,4-7,9-12H,8H2,2H3,(H,23,24)/b22-12+. The zero-order chi connectivity index (χ0) is 19.2. The highest BCUT2D eigenvalue weighted by molar-refractivity contribution is 9.10. The van der Waals surface area contributed by atoms with Crippen LogP contribution < -0.4 is 14.9 Å². The van der Waals surface area contributed by atoms with Crippen molar-refractivity contribution in [3.05, 3.63) is 58.3 Å². The number of ether oxygens (including phenoxy) is 2. The zero-order valence-electron chi connectivity index (χ0n) is 14.4. The van der Waals surface area contributed by atoms with E-state index in [0.29, 0.717) is 27.1 Å². The van der Waals surface area contributed by atoms with Crippen LogP contribution in [0.4, 0.5) is 0 Å². The molecule has 27 heavy (non-hydrogen) atoms. The molecule has 1 aromatic heterocycles. The molecular weight excluding hydrogens is 412 g/mol. The summed E-state index contributed by atoms with van der Waals surface area (Å²) in [5.74, 6) is 3.13. The summed E-state index contributed by atoms with van der Waals surface area (Å²) in [4.78, 5) is 12.2. The first-order chi connectivity index (χ1) is 13.1. The topological polar surface area (TPSA) is 73.1 Å². The van der Waals surface area contributed by atoms with Gasteiger partial charge in [-0.15, -0.1) is 6.42 Å². The number of hydrogen-bond acceptors (Lipinski definition) is 5. The van der Waals surface area contributed by atoms with E-state index in [-0.39, 0.29) is 12.4 Å². The van der Waals surface area contributed by atoms with Crippen molar-refractivity contribution in [3.63, 3.8) is 0 Å². The number of carbonyl (C=O) groups excluding carboxylic acids is 1. The van der Waals surface area contributed by atoms with Gasteiger partial charge in [0.05, 0.1) is 17.8 Å². The Labute approximate surface area is 164 Å². The molecule has 136 valence electrons. The summed E-state index contributed by atoms with van der Waals surface area (Å²) in [7, 11) is 1.52. The Hall–Kier alpha value is -3.24. The Bertz CT molecular complexity index is 1020. The minimum Gasteiger partial charge on any atom is -0.493 e. The number of carbonyl (C=O) groups is 1. The SMILES string of the molecule is C#CCOc1c(Br)cc(/C=N/NC(=O)c2cc3ccccc3o2)cc1OC. The monoisotopic (exact) mass is 426 g/mol. The second-order valence-corrected chi connectivity index (χ2v) is 6.23. The van der Waals surface area contributed by atoms with Crippen molar-refractivity contribution in [2.45, 2.75) is 0 Å². The van der Waals surface area contributed by atoms with Gasteiger partial charge in [0.1, 0.15) is 12.2 Å². The minimum absolute atomic E-state index is 0.121. The molecule has 3 aromatic rings.